The smallest absolute Gasteiger partial charge is 0.316 e. The SMILES string of the molecule is [CH2-][NH2+]C(=O)c1ccc(-c2ncccn2)cc1. The van der Waals surface area contributed by atoms with E-state index < -0.39 is 0 Å². The fourth-order valence-electron chi connectivity index (χ4n) is 1.35. The van der Waals surface area contributed by atoms with Gasteiger partial charge in [-0.25, -0.2) is 14.8 Å². The highest BCUT2D eigenvalue weighted by molar-refractivity contribution is 5.87. The molecule has 2 rings (SSSR count). The first-order valence-electron chi connectivity index (χ1n) is 4.85. The Labute approximate surface area is 93.4 Å². The van der Waals surface area contributed by atoms with Crippen molar-refractivity contribution in [2.45, 2.75) is 0 Å². The lowest BCUT2D eigenvalue weighted by atomic mass is 10.1. The third kappa shape index (κ3) is 2.12. The lowest BCUT2D eigenvalue weighted by Gasteiger charge is -2.01. The maximum absolute atomic E-state index is 11.3. The third-order valence-electron chi connectivity index (χ3n) is 2.18. The molecule has 0 radical (unpaired) electrons. The number of amides is 1. The van der Waals surface area contributed by atoms with Gasteiger partial charge >= 0.3 is 5.91 Å². The number of quaternary nitrogens is 1. The van der Waals surface area contributed by atoms with Crippen LogP contribution in [0, 0.1) is 7.05 Å². The van der Waals surface area contributed by atoms with Crippen molar-refractivity contribution < 1.29 is 10.1 Å². The van der Waals surface area contributed by atoms with E-state index in [9.17, 15) is 4.79 Å². The molecule has 0 unspecified atom stereocenters. The van der Waals surface area contributed by atoms with Crippen LogP contribution in [0.4, 0.5) is 0 Å². The van der Waals surface area contributed by atoms with E-state index >= 15 is 0 Å². The zero-order chi connectivity index (χ0) is 11.4. The van der Waals surface area contributed by atoms with Crippen LogP contribution in [0.25, 0.3) is 11.4 Å². The first kappa shape index (κ1) is 10.4. The number of hydrogen-bond acceptors (Lipinski definition) is 3. The van der Waals surface area contributed by atoms with Gasteiger partial charge < -0.3 is 5.32 Å². The third-order valence-corrected chi connectivity index (χ3v) is 2.18. The average Bonchev–Trinajstić information content (AvgIpc) is 2.39. The first-order chi connectivity index (χ1) is 7.81. The molecule has 0 fully saturated rings. The van der Waals surface area contributed by atoms with Gasteiger partial charge in [-0.15, -0.1) is 7.05 Å². The average molecular weight is 213 g/mol. The van der Waals surface area contributed by atoms with Gasteiger partial charge in [-0.2, -0.15) is 0 Å². The maximum atomic E-state index is 11.3. The molecule has 0 bridgehead atoms. The van der Waals surface area contributed by atoms with Crippen LogP contribution in [0.2, 0.25) is 0 Å². The van der Waals surface area contributed by atoms with Crippen molar-refractivity contribution in [2.75, 3.05) is 0 Å². The van der Waals surface area contributed by atoms with Gasteiger partial charge in [-0.05, 0) is 18.2 Å². The summed E-state index contributed by atoms with van der Waals surface area (Å²) in [6, 6.07) is 8.91. The molecule has 0 atom stereocenters. The number of rotatable bonds is 2. The van der Waals surface area contributed by atoms with E-state index in [1.54, 1.807) is 30.6 Å². The molecule has 0 saturated carbocycles. The number of primary amides is 1. The monoisotopic (exact) mass is 213 g/mol. The summed E-state index contributed by atoms with van der Waals surface area (Å²) >= 11 is 0. The summed E-state index contributed by atoms with van der Waals surface area (Å²) < 4.78 is 0. The van der Waals surface area contributed by atoms with Crippen molar-refractivity contribution in [3.8, 4) is 11.4 Å². The fourth-order valence-corrected chi connectivity index (χ4v) is 1.35. The Balaban J connectivity index is 2.30. The number of hydrogen-bond donors (Lipinski definition) is 1. The van der Waals surface area contributed by atoms with Gasteiger partial charge in [0.2, 0.25) is 0 Å². The Hall–Kier alpha value is -2.07. The highest BCUT2D eigenvalue weighted by Crippen LogP contribution is 2.13. The van der Waals surface area contributed by atoms with Gasteiger partial charge in [-0.3, -0.25) is 0 Å². The maximum Gasteiger partial charge on any atom is 0.316 e. The van der Waals surface area contributed by atoms with E-state index in [1.165, 1.54) is 5.32 Å². The van der Waals surface area contributed by atoms with Crippen molar-refractivity contribution in [1.29, 1.82) is 0 Å². The summed E-state index contributed by atoms with van der Waals surface area (Å²) in [4.78, 5) is 19.6. The van der Waals surface area contributed by atoms with Crippen LogP contribution >= 0.6 is 0 Å². The van der Waals surface area contributed by atoms with Crippen molar-refractivity contribution in [1.82, 2.24) is 9.97 Å². The highest BCUT2D eigenvalue weighted by Gasteiger charge is 2.05. The summed E-state index contributed by atoms with van der Waals surface area (Å²) in [6.45, 7) is 0. The molecule has 1 heterocycles. The first-order valence-corrected chi connectivity index (χ1v) is 4.85. The van der Waals surface area contributed by atoms with E-state index in [0.29, 0.717) is 11.4 Å². The summed E-state index contributed by atoms with van der Waals surface area (Å²) in [5, 5.41) is 1.30. The fraction of sp³-hybridized carbons (Fsp3) is 0. The van der Waals surface area contributed by atoms with Gasteiger partial charge in [0.1, 0.15) is 0 Å². The van der Waals surface area contributed by atoms with Crippen molar-refractivity contribution >= 4 is 5.91 Å². The molecule has 0 spiro atoms. The molecule has 0 aliphatic rings. The van der Waals surface area contributed by atoms with Crippen LogP contribution < -0.4 is 5.32 Å². The molecule has 80 valence electrons. The number of nitrogens with zero attached hydrogens (tertiary/aromatic N) is 2. The molecule has 4 nitrogen and oxygen atoms in total. The van der Waals surface area contributed by atoms with Gasteiger partial charge in [-0.1, -0.05) is 12.1 Å². The van der Waals surface area contributed by atoms with Gasteiger partial charge in [0, 0.05) is 18.0 Å². The zero-order valence-corrected chi connectivity index (χ0v) is 8.63. The highest BCUT2D eigenvalue weighted by atomic mass is 16.1. The summed E-state index contributed by atoms with van der Waals surface area (Å²) in [5.74, 6) is 0.570. The molecule has 1 amide bonds. The summed E-state index contributed by atoms with van der Waals surface area (Å²) in [7, 11) is 3.44. The van der Waals surface area contributed by atoms with Crippen LogP contribution in [0.1, 0.15) is 10.4 Å². The van der Waals surface area contributed by atoms with Crippen LogP contribution in [0.5, 0.6) is 0 Å². The number of benzene rings is 1. The summed E-state index contributed by atoms with van der Waals surface area (Å²) in [6.07, 6.45) is 3.37. The Morgan fingerprint density at radius 1 is 1.12 bits per heavy atom. The number of nitrogens with two attached hydrogens (primary N) is 1. The van der Waals surface area contributed by atoms with E-state index in [2.05, 4.69) is 17.0 Å². The van der Waals surface area contributed by atoms with Gasteiger partial charge in [0.05, 0.1) is 5.56 Å². The van der Waals surface area contributed by atoms with Crippen molar-refractivity contribution in [2.24, 2.45) is 0 Å². The topological polar surface area (TPSA) is 59.5 Å². The van der Waals surface area contributed by atoms with Crippen LogP contribution in [-0.4, -0.2) is 15.9 Å². The van der Waals surface area contributed by atoms with E-state index in [1.807, 2.05) is 12.1 Å². The molecule has 2 aromatic rings. The Morgan fingerprint density at radius 2 is 1.75 bits per heavy atom. The zero-order valence-electron chi connectivity index (χ0n) is 8.63. The van der Waals surface area contributed by atoms with E-state index in [4.69, 9.17) is 0 Å². The minimum atomic E-state index is -0.0828. The predicted octanol–water partition coefficient (Wildman–Crippen LogP) is 0.639. The molecule has 0 aliphatic carbocycles. The molecule has 1 aromatic heterocycles. The number of carbonyl (C=O) groups excluding carboxylic acids is 1. The second kappa shape index (κ2) is 4.63. The lowest BCUT2D eigenvalue weighted by molar-refractivity contribution is -0.489. The largest absolute Gasteiger partial charge is 0.411 e. The molecule has 2 N–H and O–H groups in total. The van der Waals surface area contributed by atoms with Crippen LogP contribution in [0.3, 0.4) is 0 Å². The quantitative estimate of drug-likeness (QED) is 0.745. The number of aromatic nitrogens is 2. The summed E-state index contributed by atoms with van der Waals surface area (Å²) in [5.41, 5.74) is 1.51. The molecular formula is C12H11N3O. The van der Waals surface area contributed by atoms with Crippen LogP contribution in [-0.2, 0) is 0 Å². The van der Waals surface area contributed by atoms with E-state index in [-0.39, 0.29) is 5.91 Å². The molecule has 0 aliphatic heterocycles. The van der Waals surface area contributed by atoms with Crippen molar-refractivity contribution in [3.63, 3.8) is 0 Å². The molecule has 4 heteroatoms. The Bertz CT molecular complexity index is 479. The standard InChI is InChI=1S/C12H11N3O/c1-13-12(16)10-5-3-9(4-6-10)11-14-7-2-8-15-11/h2-8H,1,13H2. The van der Waals surface area contributed by atoms with Crippen LogP contribution in [0.15, 0.2) is 42.7 Å². The molecule has 0 saturated heterocycles. The predicted molar refractivity (Wildman–Crippen MR) is 59.1 cm³/mol. The van der Waals surface area contributed by atoms with Gasteiger partial charge in [0.15, 0.2) is 5.82 Å². The molecular weight excluding hydrogens is 202 g/mol. The van der Waals surface area contributed by atoms with Gasteiger partial charge in [0.25, 0.3) is 0 Å². The number of carbonyl (C=O) groups is 1. The normalized spacial score (nSPS) is 10.1. The molecule has 16 heavy (non-hydrogen) atoms. The lowest BCUT2D eigenvalue weighted by Crippen LogP contribution is -2.81. The second-order valence-electron chi connectivity index (χ2n) is 3.22. The minimum Gasteiger partial charge on any atom is -0.411 e. The molecule has 1 aromatic carbocycles. The Morgan fingerprint density at radius 3 is 2.31 bits per heavy atom. The van der Waals surface area contributed by atoms with E-state index in [0.717, 1.165) is 5.56 Å². The minimum absolute atomic E-state index is 0.0828. The second-order valence-corrected chi connectivity index (χ2v) is 3.22. The van der Waals surface area contributed by atoms with Crippen molar-refractivity contribution in [3.05, 3.63) is 55.3 Å². The Kier molecular flexibility index (Phi) is 3.03.